The summed E-state index contributed by atoms with van der Waals surface area (Å²) in [6, 6.07) is 10.3. The van der Waals surface area contributed by atoms with E-state index in [9.17, 15) is 10.1 Å². The van der Waals surface area contributed by atoms with Crippen molar-refractivity contribution >= 4 is 29.1 Å². The monoisotopic (exact) mass is 381 g/mol. The van der Waals surface area contributed by atoms with Crippen LogP contribution in [-0.2, 0) is 17.1 Å². The SMILES string of the molecule is O=[N+]([O-])c1cc2c(c(CSCCOc3ccc(Cl)cc3)c1)OCOC2. The molecule has 3 rings (SSSR count). The number of non-ortho nitro benzene ring substituents is 1. The van der Waals surface area contributed by atoms with Gasteiger partial charge in [-0.2, -0.15) is 11.8 Å². The lowest BCUT2D eigenvalue weighted by molar-refractivity contribution is -0.385. The molecule has 25 heavy (non-hydrogen) atoms. The molecule has 2 aromatic rings. The van der Waals surface area contributed by atoms with E-state index in [-0.39, 0.29) is 12.5 Å². The van der Waals surface area contributed by atoms with E-state index in [0.29, 0.717) is 35.3 Å². The molecular weight excluding hydrogens is 366 g/mol. The number of fused-ring (bicyclic) bond motifs is 1. The Labute approximate surface area is 154 Å². The molecule has 0 atom stereocenters. The Morgan fingerprint density at radius 2 is 2.08 bits per heavy atom. The zero-order valence-corrected chi connectivity index (χ0v) is 14.8. The lowest BCUT2D eigenvalue weighted by Crippen LogP contribution is -2.13. The van der Waals surface area contributed by atoms with Crippen LogP contribution in [0.5, 0.6) is 11.5 Å². The van der Waals surface area contributed by atoms with Crippen LogP contribution < -0.4 is 9.47 Å². The van der Waals surface area contributed by atoms with Gasteiger partial charge in [0.2, 0.25) is 0 Å². The molecule has 6 nitrogen and oxygen atoms in total. The Bertz CT molecular complexity index is 753. The van der Waals surface area contributed by atoms with Gasteiger partial charge in [-0.25, -0.2) is 0 Å². The average Bonchev–Trinajstić information content (AvgIpc) is 2.62. The number of hydrogen-bond donors (Lipinski definition) is 0. The van der Waals surface area contributed by atoms with Gasteiger partial charge in [-0.05, 0) is 24.3 Å². The van der Waals surface area contributed by atoms with Gasteiger partial charge in [0.1, 0.15) is 11.5 Å². The second kappa shape index (κ2) is 8.42. The maximum Gasteiger partial charge on any atom is 0.270 e. The molecular formula is C17H16ClNO5S. The van der Waals surface area contributed by atoms with Crippen molar-refractivity contribution in [3.05, 3.63) is 62.7 Å². The molecule has 8 heteroatoms. The number of nitrogens with zero attached hydrogens (tertiary/aromatic N) is 1. The zero-order valence-electron chi connectivity index (χ0n) is 13.3. The van der Waals surface area contributed by atoms with Crippen molar-refractivity contribution in [1.82, 2.24) is 0 Å². The minimum absolute atomic E-state index is 0.0564. The highest BCUT2D eigenvalue weighted by molar-refractivity contribution is 7.98. The molecule has 1 aliphatic rings. The second-order valence-electron chi connectivity index (χ2n) is 5.32. The zero-order chi connectivity index (χ0) is 17.6. The van der Waals surface area contributed by atoms with Crippen molar-refractivity contribution in [3.63, 3.8) is 0 Å². The summed E-state index contributed by atoms with van der Waals surface area (Å²) in [5, 5.41) is 11.8. The molecule has 0 aromatic heterocycles. The number of nitro groups is 1. The van der Waals surface area contributed by atoms with Crippen LogP contribution >= 0.6 is 23.4 Å². The van der Waals surface area contributed by atoms with Crippen LogP contribution in [0, 0.1) is 10.1 Å². The van der Waals surface area contributed by atoms with Crippen molar-refractivity contribution in [1.29, 1.82) is 0 Å². The summed E-state index contributed by atoms with van der Waals surface area (Å²) in [5.74, 6) is 2.81. The molecule has 0 spiro atoms. The quantitative estimate of drug-likeness (QED) is 0.401. The van der Waals surface area contributed by atoms with Crippen molar-refractivity contribution < 1.29 is 19.1 Å². The largest absolute Gasteiger partial charge is 0.493 e. The van der Waals surface area contributed by atoms with Gasteiger partial charge in [-0.15, -0.1) is 0 Å². The highest BCUT2D eigenvalue weighted by atomic mass is 35.5. The van der Waals surface area contributed by atoms with E-state index in [1.165, 1.54) is 6.07 Å². The maximum absolute atomic E-state index is 11.1. The number of thioether (sulfide) groups is 1. The lowest BCUT2D eigenvalue weighted by atomic mass is 10.1. The predicted molar refractivity (Wildman–Crippen MR) is 96.5 cm³/mol. The van der Waals surface area contributed by atoms with Gasteiger partial charge in [-0.1, -0.05) is 11.6 Å². The Kier molecular flexibility index (Phi) is 6.01. The molecule has 0 saturated carbocycles. The highest BCUT2D eigenvalue weighted by Crippen LogP contribution is 2.34. The molecule has 1 aliphatic heterocycles. The molecule has 132 valence electrons. The smallest absolute Gasteiger partial charge is 0.270 e. The van der Waals surface area contributed by atoms with Crippen LogP contribution in [0.3, 0.4) is 0 Å². The van der Waals surface area contributed by atoms with Crippen molar-refractivity contribution in [2.24, 2.45) is 0 Å². The number of rotatable bonds is 7. The predicted octanol–water partition coefficient (Wildman–Crippen LogP) is 4.43. The van der Waals surface area contributed by atoms with Gasteiger partial charge in [-0.3, -0.25) is 10.1 Å². The maximum atomic E-state index is 11.1. The Morgan fingerprint density at radius 3 is 2.84 bits per heavy atom. The fourth-order valence-electron chi connectivity index (χ4n) is 2.42. The van der Waals surface area contributed by atoms with E-state index in [2.05, 4.69) is 0 Å². The third-order valence-electron chi connectivity index (χ3n) is 3.55. The molecule has 1 heterocycles. The first kappa shape index (κ1) is 17.8. The second-order valence-corrected chi connectivity index (χ2v) is 6.86. The highest BCUT2D eigenvalue weighted by Gasteiger charge is 2.20. The Hall–Kier alpha value is -1.96. The van der Waals surface area contributed by atoms with E-state index < -0.39 is 4.92 Å². The molecule has 0 radical (unpaired) electrons. The van der Waals surface area contributed by atoms with E-state index in [1.807, 2.05) is 12.1 Å². The van der Waals surface area contributed by atoms with Crippen LogP contribution in [-0.4, -0.2) is 24.1 Å². The van der Waals surface area contributed by atoms with Crippen LogP contribution in [0.4, 0.5) is 5.69 Å². The number of halogens is 1. The molecule has 0 unspecified atom stereocenters. The fourth-order valence-corrected chi connectivity index (χ4v) is 3.33. The third kappa shape index (κ3) is 4.78. The Balaban J connectivity index is 1.56. The van der Waals surface area contributed by atoms with Gasteiger partial charge in [0.05, 0.1) is 18.1 Å². The first-order valence-electron chi connectivity index (χ1n) is 7.60. The van der Waals surface area contributed by atoms with E-state index in [1.54, 1.807) is 30.0 Å². The first-order valence-corrected chi connectivity index (χ1v) is 9.13. The summed E-state index contributed by atoms with van der Waals surface area (Å²) in [6.45, 7) is 1.03. The van der Waals surface area contributed by atoms with Crippen molar-refractivity contribution in [2.45, 2.75) is 12.4 Å². The molecule has 0 bridgehead atoms. The number of hydrogen-bond acceptors (Lipinski definition) is 6. The lowest BCUT2D eigenvalue weighted by Gasteiger charge is -2.20. The minimum atomic E-state index is -0.396. The van der Waals surface area contributed by atoms with Crippen molar-refractivity contribution in [3.8, 4) is 11.5 Å². The summed E-state index contributed by atoms with van der Waals surface area (Å²) in [5.41, 5.74) is 1.58. The summed E-state index contributed by atoms with van der Waals surface area (Å²) in [6.07, 6.45) is 0. The van der Waals surface area contributed by atoms with Crippen LogP contribution in [0.25, 0.3) is 0 Å². The number of nitro benzene ring substituents is 1. The first-order chi connectivity index (χ1) is 12.1. The van der Waals surface area contributed by atoms with E-state index in [4.69, 9.17) is 25.8 Å². The topological polar surface area (TPSA) is 70.8 Å². The Morgan fingerprint density at radius 1 is 1.28 bits per heavy atom. The van der Waals surface area contributed by atoms with Crippen LogP contribution in [0.15, 0.2) is 36.4 Å². The number of benzene rings is 2. The summed E-state index contributed by atoms with van der Waals surface area (Å²) in [4.78, 5) is 10.7. The third-order valence-corrected chi connectivity index (χ3v) is 4.77. The average molecular weight is 382 g/mol. The van der Waals surface area contributed by atoms with Gasteiger partial charge in [0.15, 0.2) is 6.79 Å². The fraction of sp³-hybridized carbons (Fsp3) is 0.294. The molecule has 0 aliphatic carbocycles. The molecule has 0 saturated heterocycles. The van der Waals surface area contributed by atoms with E-state index in [0.717, 1.165) is 17.1 Å². The van der Waals surface area contributed by atoms with Gasteiger partial charge in [0.25, 0.3) is 5.69 Å². The van der Waals surface area contributed by atoms with E-state index >= 15 is 0 Å². The van der Waals surface area contributed by atoms with Crippen LogP contribution in [0.2, 0.25) is 5.02 Å². The number of ether oxygens (including phenoxy) is 3. The standard InChI is InChI=1S/C17H16ClNO5S/c18-14-1-3-16(4-2-14)23-5-6-25-10-13-8-15(19(20)21)7-12-9-22-11-24-17(12)13/h1-4,7-8H,5-6,9-11H2. The molecule has 0 fully saturated rings. The normalized spacial score (nSPS) is 13.0. The van der Waals surface area contributed by atoms with Crippen molar-refractivity contribution in [2.75, 3.05) is 19.2 Å². The van der Waals surface area contributed by atoms with Gasteiger partial charge < -0.3 is 14.2 Å². The molecule has 2 aromatic carbocycles. The summed E-state index contributed by atoms with van der Waals surface area (Å²) < 4.78 is 16.4. The van der Waals surface area contributed by atoms with Crippen LogP contribution in [0.1, 0.15) is 11.1 Å². The minimum Gasteiger partial charge on any atom is -0.493 e. The van der Waals surface area contributed by atoms with Gasteiger partial charge in [0, 0.05) is 39.8 Å². The van der Waals surface area contributed by atoms with Gasteiger partial charge >= 0.3 is 0 Å². The molecule has 0 N–H and O–H groups in total. The summed E-state index contributed by atoms with van der Waals surface area (Å²) in [7, 11) is 0. The molecule has 0 amide bonds. The summed E-state index contributed by atoms with van der Waals surface area (Å²) >= 11 is 7.46.